The fraction of sp³-hybridized carbons (Fsp3) is 0.667. The first-order valence-corrected chi connectivity index (χ1v) is 6.90. The van der Waals surface area contributed by atoms with Crippen molar-refractivity contribution in [2.45, 2.75) is 49.6 Å². The number of carboxylic acid groups (broad SMARTS) is 1. The summed E-state index contributed by atoms with van der Waals surface area (Å²) < 4.78 is 5.14. The molecule has 18 heavy (non-hydrogen) atoms. The van der Waals surface area contributed by atoms with Crippen molar-refractivity contribution in [1.82, 2.24) is 10.3 Å². The zero-order valence-electron chi connectivity index (χ0n) is 11.0. The van der Waals surface area contributed by atoms with Gasteiger partial charge in [-0.05, 0) is 26.3 Å². The monoisotopic (exact) mass is 272 g/mol. The largest absolute Gasteiger partial charge is 0.480 e. The molecule has 0 saturated carbocycles. The molecule has 0 aliphatic heterocycles. The number of nitrogens with one attached hydrogen (secondary N) is 1. The van der Waals surface area contributed by atoms with Crippen molar-refractivity contribution >= 4 is 17.7 Å². The van der Waals surface area contributed by atoms with Gasteiger partial charge >= 0.3 is 5.97 Å². The van der Waals surface area contributed by atoms with Crippen molar-refractivity contribution in [2.75, 3.05) is 6.54 Å². The molecule has 102 valence electrons. The Bertz CT molecular complexity index is 369. The molecule has 6 heteroatoms. The van der Waals surface area contributed by atoms with Crippen LogP contribution >= 0.6 is 11.8 Å². The van der Waals surface area contributed by atoms with Gasteiger partial charge in [-0.2, -0.15) is 0 Å². The summed E-state index contributed by atoms with van der Waals surface area (Å²) in [5.41, 5.74) is -0.908. The zero-order chi connectivity index (χ0) is 13.6. The minimum absolute atomic E-state index is 0.106. The average Bonchev–Trinajstić information content (AvgIpc) is 2.78. The maximum atomic E-state index is 11.4. The molecular formula is C12H20N2O3S. The molecule has 0 aliphatic rings. The zero-order valence-corrected chi connectivity index (χ0v) is 11.8. The lowest BCUT2D eigenvalue weighted by molar-refractivity contribution is -0.144. The van der Waals surface area contributed by atoms with E-state index in [9.17, 15) is 9.90 Å². The van der Waals surface area contributed by atoms with E-state index in [4.69, 9.17) is 4.42 Å². The molecule has 0 saturated heterocycles. The Morgan fingerprint density at radius 1 is 1.72 bits per heavy atom. The number of hydrogen-bond donors (Lipinski definition) is 2. The van der Waals surface area contributed by atoms with Gasteiger partial charge in [-0.3, -0.25) is 4.79 Å². The van der Waals surface area contributed by atoms with Gasteiger partial charge < -0.3 is 14.8 Å². The summed E-state index contributed by atoms with van der Waals surface area (Å²) in [4.78, 5) is 15.4. The summed E-state index contributed by atoms with van der Waals surface area (Å²) in [6.45, 7) is 6.40. The summed E-state index contributed by atoms with van der Waals surface area (Å²) in [6.07, 6.45) is 4.51. The van der Waals surface area contributed by atoms with Gasteiger partial charge in [-0.1, -0.05) is 25.6 Å². The summed E-state index contributed by atoms with van der Waals surface area (Å²) in [5.74, 6) is -0.823. The topological polar surface area (TPSA) is 75.4 Å². The first-order valence-electron chi connectivity index (χ1n) is 6.02. The van der Waals surface area contributed by atoms with Crippen molar-refractivity contribution in [1.29, 1.82) is 0 Å². The van der Waals surface area contributed by atoms with Crippen LogP contribution in [0.25, 0.3) is 0 Å². The molecule has 0 bridgehead atoms. The number of rotatable bonds is 8. The molecule has 0 aromatic carbocycles. The molecule has 2 N–H and O–H groups in total. The second kappa shape index (κ2) is 6.80. The minimum Gasteiger partial charge on any atom is -0.480 e. The molecule has 1 rings (SSSR count). The van der Waals surface area contributed by atoms with Crippen LogP contribution in [0.4, 0.5) is 0 Å². The van der Waals surface area contributed by atoms with Gasteiger partial charge in [-0.15, -0.1) is 0 Å². The van der Waals surface area contributed by atoms with E-state index in [1.165, 1.54) is 18.0 Å². The molecule has 0 aliphatic carbocycles. The number of hydrogen-bond acceptors (Lipinski definition) is 5. The first-order chi connectivity index (χ1) is 8.48. The second-order valence-corrected chi connectivity index (χ2v) is 5.88. The van der Waals surface area contributed by atoms with Gasteiger partial charge in [0.05, 0.1) is 6.20 Å². The Kier molecular flexibility index (Phi) is 5.68. The third-order valence-electron chi connectivity index (χ3n) is 2.64. The minimum atomic E-state index is -0.908. The van der Waals surface area contributed by atoms with Gasteiger partial charge in [0, 0.05) is 5.25 Å². The number of aromatic nitrogens is 1. The van der Waals surface area contributed by atoms with Gasteiger partial charge in [-0.25, -0.2) is 4.98 Å². The smallest absolute Gasteiger partial charge is 0.323 e. The normalized spacial score (nSPS) is 16.2. The molecule has 1 heterocycles. The van der Waals surface area contributed by atoms with E-state index >= 15 is 0 Å². The Hall–Kier alpha value is -1.01. The van der Waals surface area contributed by atoms with E-state index in [1.54, 1.807) is 13.1 Å². The number of carbonyl (C=O) groups is 1. The number of carboxylic acids is 1. The van der Waals surface area contributed by atoms with E-state index in [0.29, 0.717) is 18.2 Å². The highest BCUT2D eigenvalue weighted by atomic mass is 32.2. The van der Waals surface area contributed by atoms with E-state index in [-0.39, 0.29) is 5.25 Å². The highest BCUT2D eigenvalue weighted by Crippen LogP contribution is 2.27. The van der Waals surface area contributed by atoms with Crippen LogP contribution in [-0.4, -0.2) is 33.4 Å². The van der Waals surface area contributed by atoms with Crippen LogP contribution in [-0.2, 0) is 4.79 Å². The van der Waals surface area contributed by atoms with Crippen LogP contribution in [0.2, 0.25) is 0 Å². The number of oxazole rings is 1. The molecule has 0 spiro atoms. The number of aliphatic carboxylic acids is 1. The average molecular weight is 272 g/mol. The molecule has 1 aromatic heterocycles. The first kappa shape index (κ1) is 15.0. The fourth-order valence-electron chi connectivity index (χ4n) is 1.69. The molecule has 0 fully saturated rings. The van der Waals surface area contributed by atoms with Crippen LogP contribution < -0.4 is 5.32 Å². The highest BCUT2D eigenvalue weighted by molar-refractivity contribution is 7.99. The second-order valence-electron chi connectivity index (χ2n) is 4.49. The van der Waals surface area contributed by atoms with Crippen molar-refractivity contribution in [3.63, 3.8) is 0 Å². The predicted octanol–water partition coefficient (Wildman–Crippen LogP) is 2.39. The standard InChI is InChI=1S/C12H20N2O3S/c1-4-5-14-12(3,10(15)16)8-9(2)18-11-13-6-7-17-11/h6-7,9,14H,4-5,8H2,1-3H3,(H,15,16). The Balaban J connectivity index is 2.57. The van der Waals surface area contributed by atoms with Crippen LogP contribution in [0.3, 0.4) is 0 Å². The summed E-state index contributed by atoms with van der Waals surface area (Å²) in [5, 5.41) is 13.1. The van der Waals surface area contributed by atoms with E-state index in [0.717, 1.165) is 6.42 Å². The highest BCUT2D eigenvalue weighted by Gasteiger charge is 2.34. The van der Waals surface area contributed by atoms with Gasteiger partial charge in [0.15, 0.2) is 0 Å². The molecule has 0 radical (unpaired) electrons. The van der Waals surface area contributed by atoms with Crippen LogP contribution in [0.1, 0.15) is 33.6 Å². The van der Waals surface area contributed by atoms with E-state index < -0.39 is 11.5 Å². The Morgan fingerprint density at radius 3 is 2.94 bits per heavy atom. The lowest BCUT2D eigenvalue weighted by atomic mass is 9.96. The Labute approximate surface area is 111 Å². The lowest BCUT2D eigenvalue weighted by Gasteiger charge is -2.28. The molecule has 0 amide bonds. The maximum absolute atomic E-state index is 11.4. The number of nitrogens with zero attached hydrogens (tertiary/aromatic N) is 1. The van der Waals surface area contributed by atoms with Crippen molar-refractivity contribution < 1.29 is 14.3 Å². The van der Waals surface area contributed by atoms with Gasteiger partial charge in [0.2, 0.25) is 0 Å². The van der Waals surface area contributed by atoms with Crippen LogP contribution in [0.15, 0.2) is 22.1 Å². The molecule has 2 unspecified atom stereocenters. The third-order valence-corrected chi connectivity index (χ3v) is 3.62. The number of thioether (sulfide) groups is 1. The SMILES string of the molecule is CCCNC(C)(CC(C)Sc1ncco1)C(=O)O. The molecule has 1 aromatic rings. The molecular weight excluding hydrogens is 252 g/mol. The summed E-state index contributed by atoms with van der Waals surface area (Å²) >= 11 is 1.45. The fourth-order valence-corrected chi connectivity index (χ4v) is 2.69. The van der Waals surface area contributed by atoms with Crippen LogP contribution in [0.5, 0.6) is 0 Å². The van der Waals surface area contributed by atoms with Crippen molar-refractivity contribution in [3.05, 3.63) is 12.5 Å². The Morgan fingerprint density at radius 2 is 2.44 bits per heavy atom. The van der Waals surface area contributed by atoms with Gasteiger partial charge in [0.1, 0.15) is 11.8 Å². The van der Waals surface area contributed by atoms with E-state index in [2.05, 4.69) is 10.3 Å². The molecule has 2 atom stereocenters. The van der Waals surface area contributed by atoms with Gasteiger partial charge in [0.25, 0.3) is 5.22 Å². The van der Waals surface area contributed by atoms with E-state index in [1.807, 2.05) is 13.8 Å². The van der Waals surface area contributed by atoms with Crippen LogP contribution in [0, 0.1) is 0 Å². The molecule has 5 nitrogen and oxygen atoms in total. The third kappa shape index (κ3) is 4.34. The maximum Gasteiger partial charge on any atom is 0.323 e. The summed E-state index contributed by atoms with van der Waals surface area (Å²) in [7, 11) is 0. The van der Waals surface area contributed by atoms with Crippen molar-refractivity contribution in [2.24, 2.45) is 0 Å². The summed E-state index contributed by atoms with van der Waals surface area (Å²) in [6, 6.07) is 0. The lowest BCUT2D eigenvalue weighted by Crippen LogP contribution is -2.51. The van der Waals surface area contributed by atoms with Crippen molar-refractivity contribution in [3.8, 4) is 0 Å². The predicted molar refractivity (Wildman–Crippen MR) is 70.8 cm³/mol. The quantitative estimate of drug-likeness (QED) is 0.708.